The van der Waals surface area contributed by atoms with Gasteiger partial charge < -0.3 is 19.4 Å². The van der Waals surface area contributed by atoms with Gasteiger partial charge in [0.1, 0.15) is 5.57 Å². The number of aromatic nitrogens is 1. The first-order chi connectivity index (χ1) is 13.1. The Morgan fingerprint density at radius 3 is 2.52 bits per heavy atom. The minimum absolute atomic E-state index is 0.0155. The summed E-state index contributed by atoms with van der Waals surface area (Å²) in [6, 6.07) is 12.4. The van der Waals surface area contributed by atoms with Crippen molar-refractivity contribution in [3.05, 3.63) is 71.7 Å². The molecule has 1 aromatic carbocycles. The van der Waals surface area contributed by atoms with E-state index in [4.69, 9.17) is 14.3 Å². The number of aliphatic carboxylic acids is 1. The predicted octanol–water partition coefficient (Wildman–Crippen LogP) is 3.63. The van der Waals surface area contributed by atoms with E-state index >= 15 is 0 Å². The number of hydrogen-bond acceptors (Lipinski definition) is 6. The number of oxime groups is 1. The zero-order chi connectivity index (χ0) is 19.6. The molecule has 0 amide bonds. The van der Waals surface area contributed by atoms with Crippen LogP contribution in [0.4, 0.5) is 0 Å². The van der Waals surface area contributed by atoms with E-state index in [1.165, 1.54) is 13.4 Å². The standard InChI is InChI=1S/C20H22N2O5/c1-4-26-19(22-27-14(2)18-11-7-8-12-21-18)16-10-6-5-9-15(16)17(13-25-3)20(23)24/h5-14H,4H2,1-3H3,(H,23,24)/b17-13+,22-19+. The molecule has 0 aliphatic rings. The van der Waals surface area contributed by atoms with E-state index in [2.05, 4.69) is 10.1 Å². The molecule has 1 aromatic heterocycles. The lowest BCUT2D eigenvalue weighted by Crippen LogP contribution is -2.13. The smallest absolute Gasteiger partial charge is 0.339 e. The van der Waals surface area contributed by atoms with Gasteiger partial charge in [0.15, 0.2) is 6.10 Å². The summed E-state index contributed by atoms with van der Waals surface area (Å²) < 4.78 is 10.5. The van der Waals surface area contributed by atoms with Crippen molar-refractivity contribution < 1.29 is 24.2 Å². The lowest BCUT2D eigenvalue weighted by Gasteiger charge is -2.14. The highest BCUT2D eigenvalue weighted by molar-refractivity contribution is 6.18. The minimum Gasteiger partial charge on any atom is -0.503 e. The van der Waals surface area contributed by atoms with E-state index in [0.717, 1.165) is 5.69 Å². The lowest BCUT2D eigenvalue weighted by atomic mass is 10.0. The van der Waals surface area contributed by atoms with Gasteiger partial charge in [0.25, 0.3) is 5.90 Å². The molecule has 7 nitrogen and oxygen atoms in total. The fourth-order valence-corrected chi connectivity index (χ4v) is 2.34. The summed E-state index contributed by atoms with van der Waals surface area (Å²) in [6.07, 6.45) is 2.44. The van der Waals surface area contributed by atoms with Crippen LogP contribution >= 0.6 is 0 Å². The largest absolute Gasteiger partial charge is 0.503 e. The van der Waals surface area contributed by atoms with Crippen molar-refractivity contribution in [2.24, 2.45) is 5.16 Å². The number of hydrogen-bond donors (Lipinski definition) is 1. The Hall–Kier alpha value is -3.35. The summed E-state index contributed by atoms with van der Waals surface area (Å²) in [5, 5.41) is 13.6. The minimum atomic E-state index is -1.12. The molecule has 0 bridgehead atoms. The molecule has 1 heterocycles. The molecule has 2 aromatic rings. The highest BCUT2D eigenvalue weighted by Crippen LogP contribution is 2.22. The van der Waals surface area contributed by atoms with Gasteiger partial charge in [-0.05, 0) is 37.2 Å². The SMILES string of the molecule is CCO/C(=N/OC(C)c1ccccn1)c1ccccc1/C(=C\OC)C(=O)O. The number of benzene rings is 1. The van der Waals surface area contributed by atoms with Crippen LogP contribution < -0.4 is 0 Å². The molecule has 1 N–H and O–H groups in total. The monoisotopic (exact) mass is 370 g/mol. The number of carboxylic acid groups (broad SMARTS) is 1. The molecular formula is C20H22N2O5. The van der Waals surface area contributed by atoms with Gasteiger partial charge in [-0.2, -0.15) is 0 Å². The van der Waals surface area contributed by atoms with Crippen LogP contribution in [0.15, 0.2) is 60.1 Å². The molecule has 0 spiro atoms. The number of nitrogens with zero attached hydrogens (tertiary/aromatic N) is 2. The van der Waals surface area contributed by atoms with Gasteiger partial charge in [-0.3, -0.25) is 4.98 Å². The molecule has 1 unspecified atom stereocenters. The van der Waals surface area contributed by atoms with E-state index in [1.54, 1.807) is 30.5 Å². The fraction of sp³-hybridized carbons (Fsp3) is 0.250. The van der Waals surface area contributed by atoms with Crippen molar-refractivity contribution in [1.82, 2.24) is 4.98 Å². The maximum absolute atomic E-state index is 11.6. The van der Waals surface area contributed by atoms with Crippen LogP contribution in [-0.2, 0) is 19.1 Å². The van der Waals surface area contributed by atoms with Gasteiger partial charge in [0.05, 0.1) is 25.7 Å². The predicted molar refractivity (Wildman–Crippen MR) is 101 cm³/mol. The Balaban J connectivity index is 2.39. The second-order valence-electron chi connectivity index (χ2n) is 5.45. The highest BCUT2D eigenvalue weighted by Gasteiger charge is 2.20. The lowest BCUT2D eigenvalue weighted by molar-refractivity contribution is -0.130. The Morgan fingerprint density at radius 2 is 1.93 bits per heavy atom. The molecule has 27 heavy (non-hydrogen) atoms. The molecular weight excluding hydrogens is 348 g/mol. The Kier molecular flexibility index (Phi) is 7.37. The Bertz CT molecular complexity index is 818. The number of methoxy groups -OCH3 is 1. The maximum Gasteiger partial charge on any atom is 0.339 e. The molecule has 2 rings (SSSR count). The van der Waals surface area contributed by atoms with Crippen LogP contribution in [0.1, 0.15) is 36.8 Å². The second-order valence-corrected chi connectivity index (χ2v) is 5.45. The third-order valence-corrected chi connectivity index (χ3v) is 3.59. The third kappa shape index (κ3) is 5.31. The van der Waals surface area contributed by atoms with Crippen molar-refractivity contribution in [3.63, 3.8) is 0 Å². The van der Waals surface area contributed by atoms with Gasteiger partial charge in [0, 0.05) is 17.3 Å². The molecule has 0 fully saturated rings. The van der Waals surface area contributed by atoms with E-state index in [9.17, 15) is 9.90 Å². The normalized spacial score (nSPS) is 13.0. The first kappa shape index (κ1) is 20.0. The molecule has 0 saturated carbocycles. The highest BCUT2D eigenvalue weighted by atomic mass is 16.7. The molecule has 1 atom stereocenters. The van der Waals surface area contributed by atoms with Gasteiger partial charge in [-0.25, -0.2) is 4.79 Å². The summed E-state index contributed by atoms with van der Waals surface area (Å²) in [4.78, 5) is 21.4. The molecule has 0 aliphatic heterocycles. The van der Waals surface area contributed by atoms with Crippen LogP contribution in [0.25, 0.3) is 5.57 Å². The van der Waals surface area contributed by atoms with Crippen LogP contribution in [-0.4, -0.2) is 35.7 Å². The first-order valence-corrected chi connectivity index (χ1v) is 8.42. The Morgan fingerprint density at radius 1 is 1.22 bits per heavy atom. The molecule has 142 valence electrons. The quantitative estimate of drug-likeness (QED) is 0.251. The third-order valence-electron chi connectivity index (χ3n) is 3.59. The summed E-state index contributed by atoms with van der Waals surface area (Å²) in [5.41, 5.74) is 1.60. The summed E-state index contributed by atoms with van der Waals surface area (Å²) in [7, 11) is 1.39. The summed E-state index contributed by atoms with van der Waals surface area (Å²) in [5.74, 6) is -0.943. The summed E-state index contributed by atoms with van der Waals surface area (Å²) >= 11 is 0. The van der Waals surface area contributed by atoms with Crippen LogP contribution in [0, 0.1) is 0 Å². The van der Waals surface area contributed by atoms with Crippen LogP contribution in [0.3, 0.4) is 0 Å². The molecule has 7 heteroatoms. The van der Waals surface area contributed by atoms with Gasteiger partial charge in [0.2, 0.25) is 0 Å². The topological polar surface area (TPSA) is 90.2 Å². The number of pyridine rings is 1. The first-order valence-electron chi connectivity index (χ1n) is 8.42. The van der Waals surface area contributed by atoms with Crippen molar-refractivity contribution in [3.8, 4) is 0 Å². The van der Waals surface area contributed by atoms with Crippen LogP contribution in [0.2, 0.25) is 0 Å². The molecule has 0 aliphatic carbocycles. The number of carbonyl (C=O) groups is 1. The molecule has 0 saturated heterocycles. The van der Waals surface area contributed by atoms with Crippen molar-refractivity contribution >= 4 is 17.4 Å². The zero-order valence-corrected chi connectivity index (χ0v) is 15.5. The van der Waals surface area contributed by atoms with Gasteiger partial charge in [-0.1, -0.05) is 24.3 Å². The fourth-order valence-electron chi connectivity index (χ4n) is 2.34. The average Bonchev–Trinajstić information content (AvgIpc) is 2.69. The van der Waals surface area contributed by atoms with E-state index in [-0.39, 0.29) is 11.5 Å². The van der Waals surface area contributed by atoms with Crippen molar-refractivity contribution in [1.29, 1.82) is 0 Å². The maximum atomic E-state index is 11.6. The van der Waals surface area contributed by atoms with Crippen molar-refractivity contribution in [2.75, 3.05) is 13.7 Å². The van der Waals surface area contributed by atoms with E-state index in [0.29, 0.717) is 17.7 Å². The summed E-state index contributed by atoms with van der Waals surface area (Å²) in [6.45, 7) is 3.96. The van der Waals surface area contributed by atoms with Gasteiger partial charge >= 0.3 is 5.97 Å². The molecule has 0 radical (unpaired) electrons. The van der Waals surface area contributed by atoms with Crippen LogP contribution in [0.5, 0.6) is 0 Å². The average molecular weight is 370 g/mol. The number of ether oxygens (including phenoxy) is 2. The van der Waals surface area contributed by atoms with Crippen molar-refractivity contribution in [2.45, 2.75) is 20.0 Å². The van der Waals surface area contributed by atoms with Gasteiger partial charge in [-0.15, -0.1) is 0 Å². The number of carboxylic acids is 1. The van der Waals surface area contributed by atoms with E-state index in [1.807, 2.05) is 32.0 Å². The van der Waals surface area contributed by atoms with E-state index < -0.39 is 12.1 Å². The Labute approximate surface area is 157 Å². The number of rotatable bonds is 8. The zero-order valence-electron chi connectivity index (χ0n) is 15.5. The second kappa shape index (κ2) is 9.96.